The number of esters is 1. The summed E-state index contributed by atoms with van der Waals surface area (Å²) in [5.41, 5.74) is -0.953. The number of hydrogen-bond donors (Lipinski definition) is 1. The van der Waals surface area contributed by atoms with Crippen molar-refractivity contribution in [3.8, 4) is 0 Å². The molecule has 0 aromatic rings. The van der Waals surface area contributed by atoms with Crippen molar-refractivity contribution in [3.63, 3.8) is 0 Å². The van der Waals surface area contributed by atoms with E-state index < -0.39 is 11.7 Å². The van der Waals surface area contributed by atoms with E-state index in [0.717, 1.165) is 0 Å². The molecule has 0 aliphatic carbocycles. The molecule has 60 valence electrons. The van der Waals surface area contributed by atoms with Gasteiger partial charge in [-0.25, -0.2) is 0 Å². The molecule has 0 saturated carbocycles. The molecular formula is C7H14O3. The van der Waals surface area contributed by atoms with Crippen LogP contribution in [0.2, 0.25) is 0 Å². The van der Waals surface area contributed by atoms with Gasteiger partial charge in [0, 0.05) is 6.92 Å². The maximum absolute atomic E-state index is 10.4. The van der Waals surface area contributed by atoms with E-state index in [1.165, 1.54) is 6.92 Å². The molecule has 0 heterocycles. The highest BCUT2D eigenvalue weighted by atomic mass is 16.6. The van der Waals surface area contributed by atoms with Gasteiger partial charge in [-0.1, -0.05) is 0 Å². The van der Waals surface area contributed by atoms with Gasteiger partial charge in [0.2, 0.25) is 0 Å². The van der Waals surface area contributed by atoms with Crippen LogP contribution in [-0.2, 0) is 9.53 Å². The summed E-state index contributed by atoms with van der Waals surface area (Å²) in [5, 5.41) is 9.26. The van der Waals surface area contributed by atoms with Gasteiger partial charge < -0.3 is 9.84 Å². The zero-order chi connectivity index (χ0) is 8.36. The fourth-order valence-corrected chi connectivity index (χ4v) is 0.393. The van der Waals surface area contributed by atoms with E-state index in [2.05, 4.69) is 0 Å². The lowest BCUT2D eigenvalue weighted by molar-refractivity contribution is -0.157. The first-order chi connectivity index (χ1) is 4.34. The Labute approximate surface area is 61.0 Å². The Bertz CT molecular complexity index is 123. The molecule has 0 rings (SSSR count). The molecule has 0 amide bonds. The lowest BCUT2D eigenvalue weighted by Gasteiger charge is -2.24. The topological polar surface area (TPSA) is 46.5 Å². The third kappa shape index (κ3) is 3.45. The van der Waals surface area contributed by atoms with E-state index in [0.29, 0.717) is 0 Å². The molecule has 0 saturated heterocycles. The van der Waals surface area contributed by atoms with Gasteiger partial charge in [-0.3, -0.25) is 4.79 Å². The summed E-state index contributed by atoms with van der Waals surface area (Å²) in [6, 6.07) is 0. The van der Waals surface area contributed by atoms with Crippen LogP contribution in [-0.4, -0.2) is 22.8 Å². The lowest BCUT2D eigenvalue weighted by Crippen LogP contribution is -2.36. The van der Waals surface area contributed by atoms with Crippen molar-refractivity contribution in [1.82, 2.24) is 0 Å². The zero-order valence-electron chi connectivity index (χ0n) is 6.84. The molecule has 0 fully saturated rings. The average molecular weight is 146 g/mol. The van der Waals surface area contributed by atoms with Crippen LogP contribution in [0.15, 0.2) is 0 Å². The van der Waals surface area contributed by atoms with Crippen molar-refractivity contribution in [1.29, 1.82) is 0 Å². The minimum atomic E-state index is -0.953. The maximum atomic E-state index is 10.4. The van der Waals surface area contributed by atoms with Crippen LogP contribution >= 0.6 is 0 Å². The second kappa shape index (κ2) is 3.01. The normalized spacial score (nSPS) is 14.5. The van der Waals surface area contributed by atoms with Crippen LogP contribution in [0, 0.1) is 0 Å². The van der Waals surface area contributed by atoms with Crippen molar-refractivity contribution >= 4 is 5.97 Å². The standard InChI is InChI=1S/C7H14O3/c1-5(7(3,4)9)10-6(2)8/h5,9H,1-4H3/t5-/m0/s1. The fourth-order valence-electron chi connectivity index (χ4n) is 0.393. The highest BCUT2D eigenvalue weighted by Crippen LogP contribution is 2.11. The van der Waals surface area contributed by atoms with E-state index in [1.54, 1.807) is 20.8 Å². The first-order valence-corrected chi connectivity index (χ1v) is 3.23. The molecule has 1 atom stereocenters. The predicted octanol–water partition coefficient (Wildman–Crippen LogP) is 0.709. The molecule has 0 bridgehead atoms. The van der Waals surface area contributed by atoms with Gasteiger partial charge in [-0.15, -0.1) is 0 Å². The van der Waals surface area contributed by atoms with Crippen molar-refractivity contribution in [3.05, 3.63) is 0 Å². The number of rotatable bonds is 2. The summed E-state index contributed by atoms with van der Waals surface area (Å²) >= 11 is 0. The largest absolute Gasteiger partial charge is 0.460 e. The van der Waals surface area contributed by atoms with E-state index in [4.69, 9.17) is 4.74 Å². The molecule has 10 heavy (non-hydrogen) atoms. The smallest absolute Gasteiger partial charge is 0.302 e. The van der Waals surface area contributed by atoms with Gasteiger partial charge >= 0.3 is 5.97 Å². The van der Waals surface area contributed by atoms with Crippen molar-refractivity contribution in [2.75, 3.05) is 0 Å². The molecule has 0 radical (unpaired) electrons. The molecule has 3 nitrogen and oxygen atoms in total. The molecular weight excluding hydrogens is 132 g/mol. The number of carbonyl (C=O) groups excluding carboxylic acids is 1. The Hall–Kier alpha value is -0.570. The Kier molecular flexibility index (Phi) is 2.84. The SMILES string of the molecule is CC(=O)O[C@@H](C)C(C)(C)O. The molecule has 0 unspecified atom stereocenters. The Morgan fingerprint density at radius 2 is 2.00 bits per heavy atom. The Morgan fingerprint density at radius 1 is 1.60 bits per heavy atom. The van der Waals surface area contributed by atoms with Crippen molar-refractivity contribution in [2.24, 2.45) is 0 Å². The van der Waals surface area contributed by atoms with Gasteiger partial charge in [-0.2, -0.15) is 0 Å². The zero-order valence-corrected chi connectivity index (χ0v) is 6.84. The van der Waals surface area contributed by atoms with Gasteiger partial charge in [0.1, 0.15) is 6.10 Å². The molecule has 0 aliphatic heterocycles. The maximum Gasteiger partial charge on any atom is 0.302 e. The second-order valence-electron chi connectivity index (χ2n) is 2.91. The Morgan fingerprint density at radius 3 is 2.10 bits per heavy atom. The van der Waals surface area contributed by atoms with Crippen LogP contribution < -0.4 is 0 Å². The average Bonchev–Trinajstić information content (AvgIpc) is 1.60. The molecule has 0 spiro atoms. The summed E-state index contributed by atoms with van der Waals surface area (Å²) < 4.78 is 4.73. The minimum absolute atomic E-state index is 0.366. The van der Waals surface area contributed by atoms with Crippen LogP contribution in [0.1, 0.15) is 27.7 Å². The third-order valence-electron chi connectivity index (χ3n) is 1.34. The molecule has 3 heteroatoms. The number of carbonyl (C=O) groups is 1. The summed E-state index contributed by atoms with van der Waals surface area (Å²) in [5.74, 6) is -0.366. The van der Waals surface area contributed by atoms with E-state index in [1.807, 2.05) is 0 Å². The fraction of sp³-hybridized carbons (Fsp3) is 0.857. The summed E-state index contributed by atoms with van der Waals surface area (Å²) in [6.07, 6.45) is -0.454. The number of aliphatic hydroxyl groups is 1. The van der Waals surface area contributed by atoms with Crippen molar-refractivity contribution in [2.45, 2.75) is 39.4 Å². The highest BCUT2D eigenvalue weighted by Gasteiger charge is 2.24. The highest BCUT2D eigenvalue weighted by molar-refractivity contribution is 5.66. The summed E-state index contributed by atoms with van der Waals surface area (Å²) in [4.78, 5) is 10.4. The molecule has 0 aromatic heterocycles. The van der Waals surface area contributed by atoms with Gasteiger partial charge in [0.15, 0.2) is 0 Å². The van der Waals surface area contributed by atoms with Crippen LogP contribution in [0.4, 0.5) is 0 Å². The molecule has 0 aliphatic rings. The first-order valence-electron chi connectivity index (χ1n) is 3.23. The summed E-state index contributed by atoms with van der Waals surface area (Å²) in [6.45, 7) is 6.17. The predicted molar refractivity (Wildman–Crippen MR) is 37.5 cm³/mol. The van der Waals surface area contributed by atoms with E-state index in [9.17, 15) is 9.90 Å². The quantitative estimate of drug-likeness (QED) is 0.583. The number of ether oxygens (including phenoxy) is 1. The number of hydrogen-bond acceptors (Lipinski definition) is 3. The first kappa shape index (κ1) is 9.43. The van der Waals surface area contributed by atoms with Gasteiger partial charge in [0.05, 0.1) is 5.60 Å². The van der Waals surface area contributed by atoms with Crippen molar-refractivity contribution < 1.29 is 14.6 Å². The lowest BCUT2D eigenvalue weighted by atomic mass is 10.0. The van der Waals surface area contributed by atoms with E-state index in [-0.39, 0.29) is 5.97 Å². The molecule has 0 aromatic carbocycles. The molecule has 1 N–H and O–H groups in total. The van der Waals surface area contributed by atoms with Crippen LogP contribution in [0.5, 0.6) is 0 Å². The monoisotopic (exact) mass is 146 g/mol. The third-order valence-corrected chi connectivity index (χ3v) is 1.34. The summed E-state index contributed by atoms with van der Waals surface area (Å²) in [7, 11) is 0. The second-order valence-corrected chi connectivity index (χ2v) is 2.91. The van der Waals surface area contributed by atoms with E-state index >= 15 is 0 Å². The van der Waals surface area contributed by atoms with Crippen LogP contribution in [0.25, 0.3) is 0 Å². The van der Waals surface area contributed by atoms with Gasteiger partial charge in [0.25, 0.3) is 0 Å². The Balaban J connectivity index is 3.85. The van der Waals surface area contributed by atoms with Crippen LogP contribution in [0.3, 0.4) is 0 Å². The van der Waals surface area contributed by atoms with Gasteiger partial charge in [-0.05, 0) is 20.8 Å². The minimum Gasteiger partial charge on any atom is -0.460 e.